The van der Waals surface area contributed by atoms with Gasteiger partial charge in [0.15, 0.2) is 0 Å². The highest BCUT2D eigenvalue weighted by molar-refractivity contribution is 5.87. The van der Waals surface area contributed by atoms with Crippen molar-refractivity contribution in [1.82, 2.24) is 16.0 Å². The first-order valence-corrected chi connectivity index (χ1v) is 8.96. The zero-order chi connectivity index (χ0) is 18.7. The molecule has 0 aliphatic heterocycles. The zero-order valence-electron chi connectivity index (χ0n) is 15.5. The van der Waals surface area contributed by atoms with Gasteiger partial charge in [-0.15, -0.1) is 0 Å². The summed E-state index contributed by atoms with van der Waals surface area (Å²) in [4.78, 5) is 34.6. The number of hydrogen-bond donors (Lipinski definition) is 3. The summed E-state index contributed by atoms with van der Waals surface area (Å²) in [5, 5.41) is 7.85. The monoisotopic (exact) mass is 353 g/mol. The SMILES string of the molecule is CC(C)(C)OC(=O)NCC(=O)NCCCNC(=O)/C=C/C1CCCC1. The lowest BCUT2D eigenvalue weighted by molar-refractivity contribution is -0.120. The Kier molecular flexibility index (Phi) is 9.02. The van der Waals surface area contributed by atoms with Gasteiger partial charge in [0, 0.05) is 13.1 Å². The second-order valence-electron chi connectivity index (χ2n) is 7.25. The van der Waals surface area contributed by atoms with E-state index in [4.69, 9.17) is 4.74 Å². The van der Waals surface area contributed by atoms with Crippen LogP contribution < -0.4 is 16.0 Å². The molecule has 25 heavy (non-hydrogen) atoms. The molecule has 0 aromatic heterocycles. The van der Waals surface area contributed by atoms with E-state index in [1.54, 1.807) is 26.8 Å². The molecule has 7 heteroatoms. The van der Waals surface area contributed by atoms with Crippen LogP contribution in [-0.2, 0) is 14.3 Å². The molecule has 1 aliphatic carbocycles. The van der Waals surface area contributed by atoms with E-state index in [2.05, 4.69) is 16.0 Å². The number of hydrogen-bond acceptors (Lipinski definition) is 4. The summed E-state index contributed by atoms with van der Waals surface area (Å²) in [5.74, 6) is 0.158. The molecule has 0 atom stereocenters. The number of carbonyl (C=O) groups excluding carboxylic acids is 3. The van der Waals surface area contributed by atoms with Crippen molar-refractivity contribution in [2.24, 2.45) is 5.92 Å². The Morgan fingerprint density at radius 2 is 1.68 bits per heavy atom. The van der Waals surface area contributed by atoms with E-state index in [0.29, 0.717) is 25.4 Å². The van der Waals surface area contributed by atoms with Crippen molar-refractivity contribution in [2.75, 3.05) is 19.6 Å². The fraction of sp³-hybridized carbons (Fsp3) is 0.722. The maximum atomic E-state index is 11.6. The first-order valence-electron chi connectivity index (χ1n) is 8.96. The summed E-state index contributed by atoms with van der Waals surface area (Å²) in [6, 6.07) is 0. The largest absolute Gasteiger partial charge is 0.444 e. The molecule has 1 aliphatic rings. The molecule has 1 fully saturated rings. The van der Waals surface area contributed by atoms with Crippen LogP contribution in [0.3, 0.4) is 0 Å². The summed E-state index contributed by atoms with van der Waals surface area (Å²) < 4.78 is 5.03. The molecule has 3 amide bonds. The molecule has 3 N–H and O–H groups in total. The average molecular weight is 353 g/mol. The van der Waals surface area contributed by atoms with E-state index in [0.717, 1.165) is 0 Å². The Balaban J connectivity index is 2.02. The number of allylic oxidation sites excluding steroid dienone is 1. The molecule has 0 unspecified atom stereocenters. The molecule has 0 aromatic carbocycles. The molecule has 0 radical (unpaired) electrons. The van der Waals surface area contributed by atoms with Crippen LogP contribution in [0.4, 0.5) is 4.79 Å². The van der Waals surface area contributed by atoms with E-state index >= 15 is 0 Å². The summed E-state index contributed by atoms with van der Waals surface area (Å²) in [7, 11) is 0. The molecular weight excluding hydrogens is 322 g/mol. The number of ether oxygens (including phenoxy) is 1. The highest BCUT2D eigenvalue weighted by Crippen LogP contribution is 2.25. The normalized spacial score (nSPS) is 15.2. The maximum Gasteiger partial charge on any atom is 0.408 e. The van der Waals surface area contributed by atoms with Crippen molar-refractivity contribution < 1.29 is 19.1 Å². The first-order chi connectivity index (χ1) is 11.8. The fourth-order valence-electron chi connectivity index (χ4n) is 2.49. The van der Waals surface area contributed by atoms with E-state index in [9.17, 15) is 14.4 Å². The van der Waals surface area contributed by atoms with Crippen LogP contribution >= 0.6 is 0 Å². The van der Waals surface area contributed by atoms with E-state index in [1.165, 1.54) is 25.7 Å². The van der Waals surface area contributed by atoms with Gasteiger partial charge in [-0.05, 0) is 52.0 Å². The third kappa shape index (κ3) is 11.2. The van der Waals surface area contributed by atoms with Crippen LogP contribution in [0, 0.1) is 5.92 Å². The number of carbonyl (C=O) groups is 3. The average Bonchev–Trinajstić information content (AvgIpc) is 3.02. The minimum absolute atomic E-state index is 0.0928. The molecule has 0 heterocycles. The van der Waals surface area contributed by atoms with Gasteiger partial charge < -0.3 is 20.7 Å². The molecule has 0 saturated heterocycles. The number of amides is 3. The van der Waals surface area contributed by atoms with Gasteiger partial charge in [0.25, 0.3) is 0 Å². The fourth-order valence-corrected chi connectivity index (χ4v) is 2.49. The van der Waals surface area contributed by atoms with Crippen molar-refractivity contribution in [3.63, 3.8) is 0 Å². The topological polar surface area (TPSA) is 96.5 Å². The highest BCUT2D eigenvalue weighted by Gasteiger charge is 2.16. The van der Waals surface area contributed by atoms with Crippen molar-refractivity contribution in [3.05, 3.63) is 12.2 Å². The minimum Gasteiger partial charge on any atom is -0.444 e. The van der Waals surface area contributed by atoms with Gasteiger partial charge in [-0.1, -0.05) is 18.9 Å². The second kappa shape index (κ2) is 10.7. The molecule has 142 valence electrons. The van der Waals surface area contributed by atoms with Gasteiger partial charge in [-0.2, -0.15) is 0 Å². The van der Waals surface area contributed by atoms with Gasteiger partial charge in [-0.25, -0.2) is 4.79 Å². The lowest BCUT2D eigenvalue weighted by Gasteiger charge is -2.19. The van der Waals surface area contributed by atoms with Crippen molar-refractivity contribution in [1.29, 1.82) is 0 Å². The van der Waals surface area contributed by atoms with E-state index in [-0.39, 0.29) is 18.4 Å². The molecule has 7 nitrogen and oxygen atoms in total. The quantitative estimate of drug-likeness (QED) is 0.458. The van der Waals surface area contributed by atoms with Gasteiger partial charge in [0.1, 0.15) is 5.60 Å². The Hall–Kier alpha value is -2.05. The highest BCUT2D eigenvalue weighted by atomic mass is 16.6. The predicted molar refractivity (Wildman–Crippen MR) is 96.0 cm³/mol. The van der Waals surface area contributed by atoms with Crippen LogP contribution in [0.2, 0.25) is 0 Å². The minimum atomic E-state index is -0.621. The van der Waals surface area contributed by atoms with Crippen LogP contribution in [0.5, 0.6) is 0 Å². The standard InChI is InChI=1S/C18H31N3O4/c1-18(2,3)25-17(24)21-13-16(23)20-12-6-11-19-15(22)10-9-14-7-4-5-8-14/h9-10,14H,4-8,11-13H2,1-3H3,(H,19,22)(H,20,23)(H,21,24)/b10-9+. The summed E-state index contributed by atoms with van der Waals surface area (Å²) in [5.41, 5.74) is -0.592. The van der Waals surface area contributed by atoms with Crippen LogP contribution in [0.15, 0.2) is 12.2 Å². The van der Waals surface area contributed by atoms with Crippen LogP contribution in [-0.4, -0.2) is 43.1 Å². The second-order valence-corrected chi connectivity index (χ2v) is 7.25. The molecule has 1 saturated carbocycles. The van der Waals surface area contributed by atoms with Crippen molar-refractivity contribution in [2.45, 2.75) is 58.5 Å². The number of rotatable bonds is 8. The summed E-state index contributed by atoms with van der Waals surface area (Å²) in [6.07, 6.45) is 8.45. The number of alkyl carbamates (subject to hydrolysis) is 1. The third-order valence-electron chi connectivity index (χ3n) is 3.69. The molecule has 0 bridgehead atoms. The number of nitrogens with one attached hydrogen (secondary N) is 3. The summed E-state index contributed by atoms with van der Waals surface area (Å²) in [6.45, 7) is 6.05. The molecule has 0 spiro atoms. The summed E-state index contributed by atoms with van der Waals surface area (Å²) >= 11 is 0. The van der Waals surface area contributed by atoms with Gasteiger partial charge in [0.2, 0.25) is 11.8 Å². The van der Waals surface area contributed by atoms with E-state index < -0.39 is 11.7 Å². The smallest absolute Gasteiger partial charge is 0.408 e. The Labute approximate surface area is 149 Å². The van der Waals surface area contributed by atoms with Gasteiger partial charge in [0.05, 0.1) is 6.54 Å². The Morgan fingerprint density at radius 1 is 1.04 bits per heavy atom. The van der Waals surface area contributed by atoms with E-state index in [1.807, 2.05) is 6.08 Å². The van der Waals surface area contributed by atoms with Gasteiger partial charge >= 0.3 is 6.09 Å². The third-order valence-corrected chi connectivity index (χ3v) is 3.69. The molecule has 0 aromatic rings. The lowest BCUT2D eigenvalue weighted by atomic mass is 10.1. The Morgan fingerprint density at radius 3 is 2.32 bits per heavy atom. The van der Waals surface area contributed by atoms with Crippen molar-refractivity contribution in [3.8, 4) is 0 Å². The van der Waals surface area contributed by atoms with Crippen molar-refractivity contribution >= 4 is 17.9 Å². The Bertz CT molecular complexity index is 477. The molecular formula is C18H31N3O4. The first kappa shape index (κ1) is 21.0. The predicted octanol–water partition coefficient (Wildman–Crippen LogP) is 1.88. The van der Waals surface area contributed by atoms with Crippen LogP contribution in [0.1, 0.15) is 52.9 Å². The van der Waals surface area contributed by atoms with Gasteiger partial charge in [-0.3, -0.25) is 9.59 Å². The zero-order valence-corrected chi connectivity index (χ0v) is 15.5. The maximum absolute atomic E-state index is 11.6. The molecule has 1 rings (SSSR count). The van der Waals surface area contributed by atoms with Crippen LogP contribution in [0.25, 0.3) is 0 Å². The lowest BCUT2D eigenvalue weighted by Crippen LogP contribution is -2.40.